The number of ether oxygens (including phenoxy) is 3. The number of hydrogen-bond acceptors (Lipinski definition) is 14. The second-order valence-electron chi connectivity index (χ2n) is 31.0. The number of carbonyl (C=O) groups excluding carboxylic acids is 9. The predicted molar refractivity (Wildman–Crippen MR) is 407 cm³/mol. The van der Waals surface area contributed by atoms with Gasteiger partial charge in [-0.15, -0.1) is 0 Å². The summed E-state index contributed by atoms with van der Waals surface area (Å²) in [4.78, 5) is 142. The van der Waals surface area contributed by atoms with E-state index in [0.717, 1.165) is 16.7 Å². The molecule has 6 aromatic rings. The number of aryl methyl sites for hydroxylation is 1. The van der Waals surface area contributed by atoms with Crippen LogP contribution in [0.4, 0.5) is 4.79 Å². The summed E-state index contributed by atoms with van der Waals surface area (Å²) in [5, 5.41) is 25.7. The molecule has 9 amide bonds. The van der Waals surface area contributed by atoms with Gasteiger partial charge in [0.1, 0.15) is 59.5 Å². The van der Waals surface area contributed by atoms with Gasteiger partial charge < -0.3 is 71.2 Å². The molecule has 25 nitrogen and oxygen atoms in total. The Balaban J connectivity index is 1.43. The third-order valence-corrected chi connectivity index (χ3v) is 17.9. The first-order valence-electron chi connectivity index (χ1n) is 36.8. The van der Waals surface area contributed by atoms with Crippen LogP contribution in [0.2, 0.25) is 0 Å². The molecule has 0 aliphatic heterocycles. The summed E-state index contributed by atoms with van der Waals surface area (Å²) >= 11 is 0. The van der Waals surface area contributed by atoms with Crippen LogP contribution in [0.15, 0.2) is 146 Å². The van der Waals surface area contributed by atoms with E-state index >= 15 is 19.2 Å². The van der Waals surface area contributed by atoms with Crippen LogP contribution in [0.3, 0.4) is 0 Å². The molecule has 576 valence electrons. The molecule has 2 heterocycles. The Morgan fingerprint density at radius 2 is 0.840 bits per heavy atom. The Kier molecular flexibility index (Phi) is 30.9. The molecule has 9 N–H and O–H groups in total. The minimum Gasteiger partial charge on any atom is -0.444 e. The van der Waals surface area contributed by atoms with Crippen molar-refractivity contribution < 1.29 is 57.4 Å². The maximum Gasteiger partial charge on any atom is 0.408 e. The third-order valence-electron chi connectivity index (χ3n) is 17.9. The Bertz CT molecular complexity index is 3750. The second kappa shape index (κ2) is 38.5. The molecule has 0 aliphatic carbocycles. The number of nitrogens with zero attached hydrogens (tertiary/aromatic N) is 4. The number of nitrogens with one attached hydrogen (secondary N) is 9. The predicted octanol–water partition coefficient (Wildman–Crippen LogP) is 8.06. The van der Waals surface area contributed by atoms with Gasteiger partial charge in [0.05, 0.1) is 41.8 Å². The number of aromatic nitrogens is 4. The fraction of sp³-hybridized carbons (Fsp3) is 0.519. The molecule has 0 fully saturated rings. The summed E-state index contributed by atoms with van der Waals surface area (Å²) in [5.74, 6) is -7.50. The van der Waals surface area contributed by atoms with Crippen molar-refractivity contribution in [3.05, 3.63) is 180 Å². The van der Waals surface area contributed by atoms with Crippen molar-refractivity contribution in [3.63, 3.8) is 0 Å². The first kappa shape index (κ1) is 85.2. The van der Waals surface area contributed by atoms with Crippen molar-refractivity contribution in [1.82, 2.24) is 67.0 Å². The lowest BCUT2D eigenvalue weighted by Crippen LogP contribution is -2.64. The number of alkyl carbamates (subject to hydrolysis) is 1. The van der Waals surface area contributed by atoms with Crippen molar-refractivity contribution in [2.45, 2.75) is 240 Å². The molecule has 4 aromatic carbocycles. The Morgan fingerprint density at radius 3 is 1.27 bits per heavy atom. The van der Waals surface area contributed by atoms with E-state index in [9.17, 15) is 24.0 Å². The topological polar surface area (TPSA) is 325 Å². The highest BCUT2D eigenvalue weighted by molar-refractivity contribution is 5.98. The lowest BCUT2D eigenvalue weighted by Gasteiger charge is -2.37. The third kappa shape index (κ3) is 24.7. The van der Waals surface area contributed by atoms with E-state index in [4.69, 9.17) is 19.2 Å². The summed E-state index contributed by atoms with van der Waals surface area (Å²) in [6, 6.07) is 27.6. The monoisotopic (exact) mass is 1460 g/mol. The average Bonchev–Trinajstić information content (AvgIpc) is 1.24. The van der Waals surface area contributed by atoms with Gasteiger partial charge in [0.25, 0.3) is 0 Å². The van der Waals surface area contributed by atoms with E-state index in [1.165, 1.54) is 0 Å². The molecule has 0 saturated carbocycles. The van der Waals surface area contributed by atoms with Crippen LogP contribution in [0.5, 0.6) is 0 Å². The van der Waals surface area contributed by atoms with Crippen molar-refractivity contribution in [3.8, 4) is 0 Å². The molecule has 2 aromatic heterocycles. The maximum atomic E-state index is 15.8. The van der Waals surface area contributed by atoms with Crippen LogP contribution < -0.4 is 47.9 Å². The lowest BCUT2D eigenvalue weighted by atomic mass is 9.77. The SMILES string of the molecule is CCCNC(=O)[C@@H](NC(=O)[C@@H](NC(=O)[C@H](NC(=O)[C@@H](Cc1ccccc1)NC(=O)[C@H](Cc1cn(C(c2ccccc2)(c2ccccc2)c2ccccc2)cn1)NC(=O)[C@H](NC(=O)[C@@H](NC(=O)[C@H](Cc1cncn1C)NC(=O)OC(C)(C)C)[C@@H](C)OC(C)(C)C)C(C)C)C(C)C)[C@@H](C)OC(C)(C)C)[C@@H](C)CC. The summed E-state index contributed by atoms with van der Waals surface area (Å²) in [5.41, 5.74) is 0.535. The molecular weight excluding hydrogens is 1350 g/mol. The Hall–Kier alpha value is -9.75. The maximum absolute atomic E-state index is 15.8. The van der Waals surface area contributed by atoms with Crippen molar-refractivity contribution in [2.24, 2.45) is 24.8 Å². The minimum absolute atomic E-state index is 0.0639. The fourth-order valence-corrected chi connectivity index (χ4v) is 12.5. The van der Waals surface area contributed by atoms with Gasteiger partial charge in [0, 0.05) is 50.9 Å². The molecule has 0 saturated heterocycles. The molecule has 0 unspecified atom stereocenters. The number of hydrogen-bond donors (Lipinski definition) is 9. The van der Waals surface area contributed by atoms with Crippen LogP contribution in [0, 0.1) is 17.8 Å². The number of rotatable bonds is 36. The molecule has 0 spiro atoms. The summed E-state index contributed by atoms with van der Waals surface area (Å²) < 4.78 is 21.8. The van der Waals surface area contributed by atoms with Gasteiger partial charge in [-0.2, -0.15) is 0 Å². The van der Waals surface area contributed by atoms with Gasteiger partial charge in [0.2, 0.25) is 47.3 Å². The standard InChI is InChI=1S/C81H115N13O12/c1-20-42-83-72(98)66(52(7)21-2)90-76(102)68(54(9)105-79(13,14)15)92-74(100)65(51(5)6)88-70(96)61(43-55-34-26-22-27-35-55)85-69(95)62(44-59-47-94(49-84-59)81(56-36-28-23-29-37-56,57-38-30-24-31-39-57)58-40-32-25-33-41-58)86-73(99)64(50(3)4)89-75(101)67(53(8)104-78(10,11)12)91-71(97)63(45-60-46-82-48-93(60)19)87-77(103)106-80(16,17)18/h22-41,46-54,61-68H,20-21,42-45H2,1-19H3,(H,83,98)(H,85,95)(H,86,99)(H,87,103)(H,88,96)(H,89,101)(H,90,102)(H,91,97)(H,92,100)/t52-,53+,54+,61+,62-,63-,64+,65+,66-,67-,68-/m0/s1. The smallest absolute Gasteiger partial charge is 0.408 e. The van der Waals surface area contributed by atoms with Gasteiger partial charge in [-0.1, -0.05) is 176 Å². The molecule has 6 rings (SSSR count). The molecule has 106 heavy (non-hydrogen) atoms. The van der Waals surface area contributed by atoms with Gasteiger partial charge in [-0.3, -0.25) is 38.4 Å². The van der Waals surface area contributed by atoms with E-state index in [1.54, 1.807) is 171 Å². The minimum atomic E-state index is -1.55. The number of imidazole rings is 2. The fourth-order valence-electron chi connectivity index (χ4n) is 12.5. The number of carbonyl (C=O) groups is 9. The van der Waals surface area contributed by atoms with Crippen molar-refractivity contribution in [1.29, 1.82) is 0 Å². The van der Waals surface area contributed by atoms with E-state index in [0.29, 0.717) is 36.3 Å². The van der Waals surface area contributed by atoms with Crippen molar-refractivity contribution in [2.75, 3.05) is 6.54 Å². The zero-order valence-corrected chi connectivity index (χ0v) is 65.3. The van der Waals surface area contributed by atoms with Crippen LogP contribution >= 0.6 is 0 Å². The summed E-state index contributed by atoms with van der Waals surface area (Å²) in [6.45, 7) is 31.9. The highest BCUT2D eigenvalue weighted by atomic mass is 16.6. The largest absolute Gasteiger partial charge is 0.444 e. The molecule has 0 radical (unpaired) electrons. The molecule has 0 bridgehead atoms. The summed E-state index contributed by atoms with van der Waals surface area (Å²) in [6.07, 6.45) is 4.41. The zero-order chi connectivity index (χ0) is 78.4. The van der Waals surface area contributed by atoms with Gasteiger partial charge >= 0.3 is 6.09 Å². The quantitative estimate of drug-likeness (QED) is 0.0168. The van der Waals surface area contributed by atoms with Crippen LogP contribution in [-0.4, -0.2) is 156 Å². The first-order valence-corrected chi connectivity index (χ1v) is 36.8. The average molecular weight is 1460 g/mol. The van der Waals surface area contributed by atoms with E-state index < -0.39 is 142 Å². The Labute approximate surface area is 625 Å². The first-order chi connectivity index (χ1) is 49.8. The van der Waals surface area contributed by atoms with Crippen LogP contribution in [0.1, 0.15) is 171 Å². The molecule has 25 heteroatoms. The van der Waals surface area contributed by atoms with Crippen LogP contribution in [0.25, 0.3) is 0 Å². The van der Waals surface area contributed by atoms with E-state index in [-0.39, 0.29) is 31.1 Å². The highest BCUT2D eigenvalue weighted by Crippen LogP contribution is 2.41. The van der Waals surface area contributed by atoms with Gasteiger partial charge in [0.15, 0.2) is 0 Å². The second-order valence-corrected chi connectivity index (χ2v) is 31.0. The molecular formula is C81H115N13O12. The number of benzene rings is 4. The lowest BCUT2D eigenvalue weighted by molar-refractivity contribution is -0.141. The van der Waals surface area contributed by atoms with Gasteiger partial charge in [-0.25, -0.2) is 14.8 Å². The normalized spacial score (nSPS) is 15.1. The highest BCUT2D eigenvalue weighted by Gasteiger charge is 2.43. The summed E-state index contributed by atoms with van der Waals surface area (Å²) in [7, 11) is 1.73. The van der Waals surface area contributed by atoms with E-state index in [1.807, 2.05) is 116 Å². The van der Waals surface area contributed by atoms with E-state index in [2.05, 4.69) is 52.8 Å². The zero-order valence-electron chi connectivity index (χ0n) is 65.3. The number of amides is 9. The van der Waals surface area contributed by atoms with Crippen molar-refractivity contribution >= 4 is 53.4 Å². The Morgan fingerprint density at radius 1 is 0.443 bits per heavy atom. The van der Waals surface area contributed by atoms with Crippen LogP contribution in [-0.2, 0) is 84.4 Å². The van der Waals surface area contributed by atoms with Gasteiger partial charge in [-0.05, 0) is 123 Å². The molecule has 0 aliphatic rings. The molecule has 11 atom stereocenters.